The number of aryl methyl sites for hydroxylation is 3. The summed E-state index contributed by atoms with van der Waals surface area (Å²) < 4.78 is 0. The fourth-order valence-electron chi connectivity index (χ4n) is 2.03. The van der Waals surface area contributed by atoms with Gasteiger partial charge in [-0.2, -0.15) is 0 Å². The molecule has 0 amide bonds. The first-order chi connectivity index (χ1) is 6.73. The number of aliphatic hydroxyl groups is 1. The third kappa shape index (κ3) is 2.58. The molecule has 0 saturated carbocycles. The fraction of sp³-hybridized carbons (Fsp3) is 0.538. The molecule has 1 unspecified atom stereocenters. The minimum absolute atomic E-state index is 0.335. The van der Waals surface area contributed by atoms with Gasteiger partial charge in [0.1, 0.15) is 0 Å². The lowest BCUT2D eigenvalue weighted by molar-refractivity contribution is 0.0513. The molecular formula is C13H21NO. The van der Waals surface area contributed by atoms with Crippen LogP contribution in [-0.2, 0) is 0 Å². The standard InChI is InChI=1S/C13H21NO/c1-8-6-9(2)11(10(3)7-8)12(14)13(4,5)15/h6-7,12,15H,14H2,1-5H3. The molecule has 0 saturated heterocycles. The Labute approximate surface area is 92.1 Å². The van der Waals surface area contributed by atoms with E-state index in [1.54, 1.807) is 13.8 Å². The maximum atomic E-state index is 9.93. The van der Waals surface area contributed by atoms with Gasteiger partial charge in [0.15, 0.2) is 0 Å². The summed E-state index contributed by atoms with van der Waals surface area (Å²) in [5.41, 5.74) is 9.80. The van der Waals surface area contributed by atoms with Gasteiger partial charge in [-0.15, -0.1) is 0 Å². The molecule has 1 atom stereocenters. The Morgan fingerprint density at radius 3 is 1.87 bits per heavy atom. The van der Waals surface area contributed by atoms with Crippen LogP contribution < -0.4 is 5.73 Å². The molecule has 15 heavy (non-hydrogen) atoms. The van der Waals surface area contributed by atoms with Gasteiger partial charge in [-0.3, -0.25) is 0 Å². The van der Waals surface area contributed by atoms with Gasteiger partial charge in [-0.1, -0.05) is 17.7 Å². The zero-order chi connectivity index (χ0) is 11.8. The van der Waals surface area contributed by atoms with Crippen molar-refractivity contribution < 1.29 is 5.11 Å². The summed E-state index contributed by atoms with van der Waals surface area (Å²) in [4.78, 5) is 0. The number of nitrogens with two attached hydrogens (primary N) is 1. The molecule has 1 rings (SSSR count). The van der Waals surface area contributed by atoms with E-state index in [4.69, 9.17) is 5.73 Å². The van der Waals surface area contributed by atoms with Crippen molar-refractivity contribution >= 4 is 0 Å². The van der Waals surface area contributed by atoms with E-state index in [2.05, 4.69) is 19.1 Å². The van der Waals surface area contributed by atoms with Crippen LogP contribution in [0.25, 0.3) is 0 Å². The Morgan fingerprint density at radius 2 is 1.53 bits per heavy atom. The van der Waals surface area contributed by atoms with Crippen molar-refractivity contribution in [2.75, 3.05) is 0 Å². The summed E-state index contributed by atoms with van der Waals surface area (Å²) in [7, 11) is 0. The van der Waals surface area contributed by atoms with Gasteiger partial charge in [0.25, 0.3) is 0 Å². The summed E-state index contributed by atoms with van der Waals surface area (Å²) in [5, 5.41) is 9.93. The molecule has 0 heterocycles. The molecule has 1 aromatic rings. The Kier molecular flexibility index (Phi) is 3.22. The van der Waals surface area contributed by atoms with Crippen molar-refractivity contribution in [2.24, 2.45) is 5.73 Å². The van der Waals surface area contributed by atoms with Crippen molar-refractivity contribution in [3.8, 4) is 0 Å². The molecule has 84 valence electrons. The van der Waals surface area contributed by atoms with Crippen LogP contribution in [0.3, 0.4) is 0 Å². The van der Waals surface area contributed by atoms with Crippen molar-refractivity contribution in [3.05, 3.63) is 34.4 Å². The molecule has 0 aromatic heterocycles. The van der Waals surface area contributed by atoms with Crippen LogP contribution in [0.15, 0.2) is 12.1 Å². The molecule has 2 heteroatoms. The first kappa shape index (κ1) is 12.2. The zero-order valence-corrected chi connectivity index (χ0v) is 10.3. The molecule has 0 bridgehead atoms. The van der Waals surface area contributed by atoms with Crippen LogP contribution in [0.4, 0.5) is 0 Å². The fourth-order valence-corrected chi connectivity index (χ4v) is 2.03. The van der Waals surface area contributed by atoms with Gasteiger partial charge in [0, 0.05) is 0 Å². The first-order valence-corrected chi connectivity index (χ1v) is 5.29. The maximum absolute atomic E-state index is 9.93. The van der Waals surface area contributed by atoms with Gasteiger partial charge >= 0.3 is 0 Å². The third-order valence-electron chi connectivity index (χ3n) is 2.81. The maximum Gasteiger partial charge on any atom is 0.0783 e. The SMILES string of the molecule is Cc1cc(C)c(C(N)C(C)(C)O)c(C)c1. The smallest absolute Gasteiger partial charge is 0.0783 e. The van der Waals surface area contributed by atoms with Crippen molar-refractivity contribution in [2.45, 2.75) is 46.3 Å². The summed E-state index contributed by atoms with van der Waals surface area (Å²) in [6, 6.07) is 3.88. The summed E-state index contributed by atoms with van der Waals surface area (Å²) >= 11 is 0. The van der Waals surface area contributed by atoms with Gasteiger partial charge in [0.2, 0.25) is 0 Å². The van der Waals surface area contributed by atoms with Crippen LogP contribution in [0.5, 0.6) is 0 Å². The number of benzene rings is 1. The van der Waals surface area contributed by atoms with E-state index in [1.165, 1.54) is 5.56 Å². The first-order valence-electron chi connectivity index (χ1n) is 5.29. The van der Waals surface area contributed by atoms with Crippen LogP contribution >= 0.6 is 0 Å². The van der Waals surface area contributed by atoms with E-state index >= 15 is 0 Å². The number of hydrogen-bond donors (Lipinski definition) is 2. The highest BCUT2D eigenvalue weighted by atomic mass is 16.3. The van der Waals surface area contributed by atoms with E-state index in [-0.39, 0.29) is 6.04 Å². The summed E-state index contributed by atoms with van der Waals surface area (Å²) in [6.45, 7) is 9.65. The molecule has 2 nitrogen and oxygen atoms in total. The van der Waals surface area contributed by atoms with Crippen LogP contribution in [0, 0.1) is 20.8 Å². The summed E-state index contributed by atoms with van der Waals surface area (Å²) in [6.07, 6.45) is 0. The van der Waals surface area contributed by atoms with E-state index in [0.29, 0.717) is 0 Å². The Balaban J connectivity index is 3.26. The normalized spacial score (nSPS) is 14.1. The molecule has 0 aliphatic carbocycles. The van der Waals surface area contributed by atoms with E-state index in [9.17, 15) is 5.11 Å². The second-order valence-corrected chi connectivity index (χ2v) is 4.94. The average Bonchev–Trinajstić information content (AvgIpc) is 1.99. The quantitative estimate of drug-likeness (QED) is 0.782. The highest BCUT2D eigenvalue weighted by Crippen LogP contribution is 2.29. The van der Waals surface area contributed by atoms with Crippen molar-refractivity contribution in [1.29, 1.82) is 0 Å². The number of rotatable bonds is 2. The van der Waals surface area contributed by atoms with E-state index in [0.717, 1.165) is 16.7 Å². The predicted molar refractivity (Wildman–Crippen MR) is 63.9 cm³/mol. The Morgan fingerprint density at radius 1 is 1.13 bits per heavy atom. The largest absolute Gasteiger partial charge is 0.388 e. The molecule has 0 radical (unpaired) electrons. The molecule has 0 aliphatic rings. The van der Waals surface area contributed by atoms with Crippen molar-refractivity contribution in [1.82, 2.24) is 0 Å². The van der Waals surface area contributed by atoms with Crippen LogP contribution in [-0.4, -0.2) is 10.7 Å². The monoisotopic (exact) mass is 207 g/mol. The van der Waals surface area contributed by atoms with Crippen molar-refractivity contribution in [3.63, 3.8) is 0 Å². The Bertz CT molecular complexity index is 340. The second-order valence-electron chi connectivity index (χ2n) is 4.94. The highest BCUT2D eigenvalue weighted by Gasteiger charge is 2.26. The lowest BCUT2D eigenvalue weighted by Crippen LogP contribution is -2.36. The second kappa shape index (κ2) is 3.95. The average molecular weight is 207 g/mol. The van der Waals surface area contributed by atoms with Crippen LogP contribution in [0.2, 0.25) is 0 Å². The lowest BCUT2D eigenvalue weighted by Gasteiger charge is -2.29. The van der Waals surface area contributed by atoms with Gasteiger partial charge in [-0.25, -0.2) is 0 Å². The van der Waals surface area contributed by atoms with Gasteiger partial charge in [-0.05, 0) is 51.3 Å². The van der Waals surface area contributed by atoms with Gasteiger partial charge in [0.05, 0.1) is 11.6 Å². The minimum Gasteiger partial charge on any atom is -0.388 e. The zero-order valence-electron chi connectivity index (χ0n) is 10.3. The number of hydrogen-bond acceptors (Lipinski definition) is 2. The van der Waals surface area contributed by atoms with E-state index in [1.807, 2.05) is 13.8 Å². The Hall–Kier alpha value is -0.860. The third-order valence-corrected chi connectivity index (χ3v) is 2.81. The lowest BCUT2D eigenvalue weighted by atomic mass is 9.86. The molecule has 1 aromatic carbocycles. The molecular weight excluding hydrogens is 186 g/mol. The minimum atomic E-state index is -0.884. The highest BCUT2D eigenvalue weighted by molar-refractivity contribution is 5.40. The van der Waals surface area contributed by atoms with E-state index < -0.39 is 5.60 Å². The van der Waals surface area contributed by atoms with Gasteiger partial charge < -0.3 is 10.8 Å². The van der Waals surface area contributed by atoms with Crippen LogP contribution in [0.1, 0.15) is 42.1 Å². The summed E-state index contributed by atoms with van der Waals surface area (Å²) in [5.74, 6) is 0. The molecule has 3 N–H and O–H groups in total. The topological polar surface area (TPSA) is 46.2 Å². The molecule has 0 aliphatic heterocycles. The predicted octanol–water partition coefficient (Wildman–Crippen LogP) is 2.38. The molecule has 0 fully saturated rings. The molecule has 0 spiro atoms.